The highest BCUT2D eigenvalue weighted by Gasteiger charge is 2.48. The van der Waals surface area contributed by atoms with Gasteiger partial charge in [-0.15, -0.1) is 0 Å². The Bertz CT molecular complexity index is 3490. The van der Waals surface area contributed by atoms with Gasteiger partial charge in [-0.1, -0.05) is 171 Å². The van der Waals surface area contributed by atoms with Crippen LogP contribution in [0.5, 0.6) is 0 Å². The lowest BCUT2D eigenvalue weighted by molar-refractivity contribution is 0.722. The van der Waals surface area contributed by atoms with E-state index in [1.54, 1.807) is 0 Å². The van der Waals surface area contributed by atoms with Crippen molar-refractivity contribution in [3.63, 3.8) is 0 Å². The van der Waals surface area contributed by atoms with Gasteiger partial charge in [0.25, 0.3) is 0 Å². The number of fused-ring (bicyclic) bond motifs is 8. The summed E-state index contributed by atoms with van der Waals surface area (Å²) < 4.78 is 5.13. The normalized spacial score (nSPS) is 16.1. The number of hydrogen-bond acceptors (Lipinski definition) is 0. The van der Waals surface area contributed by atoms with Gasteiger partial charge in [0, 0.05) is 38.2 Å². The highest BCUT2D eigenvalue weighted by atomic mass is 15.0. The van der Waals surface area contributed by atoms with E-state index < -0.39 is 5.41 Å². The Morgan fingerprint density at radius 2 is 1.14 bits per heavy atom. The zero-order valence-corrected chi connectivity index (χ0v) is 32.2. The number of aromatic nitrogens is 2. The van der Waals surface area contributed by atoms with E-state index in [0.717, 1.165) is 6.42 Å². The number of nitrogens with zero attached hydrogens (tertiary/aromatic N) is 2. The van der Waals surface area contributed by atoms with Crippen LogP contribution < -0.4 is 0 Å². The quantitative estimate of drug-likeness (QED) is 0.170. The summed E-state index contributed by atoms with van der Waals surface area (Å²) in [5, 5.41) is 7.73. The molecule has 2 heteroatoms. The summed E-state index contributed by atoms with van der Waals surface area (Å²) in [6.45, 7) is 2.41. The molecule has 3 heterocycles. The van der Waals surface area contributed by atoms with Gasteiger partial charge < -0.3 is 8.97 Å². The molecule has 2 nitrogen and oxygen atoms in total. The number of benzene rings is 8. The van der Waals surface area contributed by atoms with Crippen LogP contribution in [-0.2, 0) is 5.41 Å². The van der Waals surface area contributed by atoms with Crippen LogP contribution in [-0.4, -0.2) is 8.97 Å². The summed E-state index contributed by atoms with van der Waals surface area (Å²) in [4.78, 5) is 0. The molecule has 0 spiro atoms. The first-order chi connectivity index (χ1) is 28.7. The van der Waals surface area contributed by atoms with E-state index in [0.29, 0.717) is 5.92 Å². The van der Waals surface area contributed by atoms with Crippen molar-refractivity contribution in [1.29, 1.82) is 0 Å². The van der Waals surface area contributed by atoms with Gasteiger partial charge in [-0.25, -0.2) is 0 Å². The zero-order chi connectivity index (χ0) is 38.1. The van der Waals surface area contributed by atoms with E-state index >= 15 is 0 Å². The highest BCUT2D eigenvalue weighted by Crippen LogP contribution is 2.58. The maximum absolute atomic E-state index is 2.58. The van der Waals surface area contributed by atoms with E-state index in [1.165, 1.54) is 110 Å². The minimum atomic E-state index is -0.404. The van der Waals surface area contributed by atoms with E-state index in [4.69, 9.17) is 0 Å². The molecule has 0 radical (unpaired) electrons. The average Bonchev–Trinajstić information content (AvgIpc) is 3.88. The molecule has 0 fully saturated rings. The van der Waals surface area contributed by atoms with Crippen molar-refractivity contribution in [1.82, 2.24) is 8.97 Å². The van der Waals surface area contributed by atoms with Crippen molar-refractivity contribution in [2.24, 2.45) is 5.92 Å². The van der Waals surface area contributed by atoms with Crippen molar-refractivity contribution >= 4 is 65.5 Å². The van der Waals surface area contributed by atoms with Crippen molar-refractivity contribution in [2.45, 2.75) is 18.8 Å². The lowest BCUT2D eigenvalue weighted by Crippen LogP contribution is -2.29. The van der Waals surface area contributed by atoms with Crippen molar-refractivity contribution in [2.75, 3.05) is 0 Å². The van der Waals surface area contributed by atoms with Gasteiger partial charge in [-0.2, -0.15) is 0 Å². The lowest BCUT2D eigenvalue weighted by Gasteiger charge is -2.35. The van der Waals surface area contributed by atoms with Crippen LogP contribution in [0, 0.1) is 5.92 Å². The molecule has 2 aliphatic carbocycles. The summed E-state index contributed by atoms with van der Waals surface area (Å²) in [7, 11) is 0. The summed E-state index contributed by atoms with van der Waals surface area (Å²) in [6.07, 6.45) is 5.87. The molecule has 11 aromatic rings. The Hall–Kier alpha value is -7.16. The van der Waals surface area contributed by atoms with Gasteiger partial charge in [-0.05, 0) is 87.0 Å². The second-order valence-electron chi connectivity index (χ2n) is 16.4. The fourth-order valence-electron chi connectivity index (χ4n) is 11.3. The lowest BCUT2D eigenvalue weighted by atomic mass is 9.66. The molecular weight excluding hydrogens is 701 g/mol. The zero-order valence-electron chi connectivity index (χ0n) is 32.2. The molecule has 0 N–H and O–H groups in total. The summed E-state index contributed by atoms with van der Waals surface area (Å²) in [5.74, 6) is 0.393. The van der Waals surface area contributed by atoms with E-state index in [2.05, 4.69) is 210 Å². The summed E-state index contributed by atoms with van der Waals surface area (Å²) >= 11 is 0. The predicted molar refractivity (Wildman–Crippen MR) is 243 cm³/mol. The largest absolute Gasteiger partial charge is 0.309 e. The molecular formula is C56H38N2. The maximum Gasteiger partial charge on any atom is 0.0710 e. The fourth-order valence-corrected chi connectivity index (χ4v) is 11.3. The minimum Gasteiger partial charge on any atom is -0.309 e. The number of rotatable bonds is 4. The van der Waals surface area contributed by atoms with Crippen LogP contribution in [0.3, 0.4) is 0 Å². The fraction of sp³-hybridized carbons (Fsp3) is 0.0714. The minimum absolute atomic E-state index is 0.393. The topological polar surface area (TPSA) is 9.34 Å². The first kappa shape index (κ1) is 32.0. The maximum atomic E-state index is 2.58. The molecule has 1 unspecified atom stereocenters. The highest BCUT2D eigenvalue weighted by molar-refractivity contribution is 6.33. The third-order valence-corrected chi connectivity index (χ3v) is 13.6. The van der Waals surface area contributed by atoms with E-state index in [1.807, 2.05) is 0 Å². The number of allylic oxidation sites excluding steroid dienone is 4. The third kappa shape index (κ3) is 3.97. The van der Waals surface area contributed by atoms with Crippen LogP contribution in [0.15, 0.2) is 200 Å². The molecule has 3 aromatic heterocycles. The summed E-state index contributed by atoms with van der Waals surface area (Å²) in [5.41, 5.74) is 17.7. The van der Waals surface area contributed by atoms with Crippen molar-refractivity contribution in [3.05, 3.63) is 222 Å². The van der Waals surface area contributed by atoms with Crippen LogP contribution in [0.4, 0.5) is 0 Å². The molecule has 1 atom stereocenters. The van der Waals surface area contributed by atoms with Crippen LogP contribution in [0.2, 0.25) is 0 Å². The van der Waals surface area contributed by atoms with Gasteiger partial charge in [0.2, 0.25) is 0 Å². The van der Waals surface area contributed by atoms with Gasteiger partial charge in [0.05, 0.1) is 33.0 Å². The molecule has 0 bridgehead atoms. The smallest absolute Gasteiger partial charge is 0.0710 e. The molecule has 8 aromatic carbocycles. The second kappa shape index (κ2) is 11.7. The first-order valence-corrected chi connectivity index (χ1v) is 20.6. The molecule has 2 aliphatic rings. The number of para-hydroxylation sites is 2. The van der Waals surface area contributed by atoms with E-state index in [-0.39, 0.29) is 0 Å². The summed E-state index contributed by atoms with van der Waals surface area (Å²) in [6, 6.07) is 68.2. The Labute approximate surface area is 336 Å². The van der Waals surface area contributed by atoms with Gasteiger partial charge in [0.15, 0.2) is 0 Å². The molecule has 0 aliphatic heterocycles. The Kier molecular flexibility index (Phi) is 6.45. The monoisotopic (exact) mass is 738 g/mol. The molecule has 272 valence electrons. The van der Waals surface area contributed by atoms with Crippen LogP contribution in [0.25, 0.3) is 82.3 Å². The standard InChI is InChI=1S/C56H38N2/c1-35-16-13-27-47-51(35)45-34-39(30-32-46(45)56(47,37-19-7-3-8-20-37)38-21-9-4-10-22-38)57-49-29-15-25-42-41-23-11-12-28-48(41)58-54-40(36-17-5-2-6-18-36)24-14-26-43(54)44-31-33-50(57)53(52(42)49)55(44)58/h2-15,17-35H,16H2,1H3. The Morgan fingerprint density at radius 1 is 0.500 bits per heavy atom. The predicted octanol–water partition coefficient (Wildman–Crippen LogP) is 14.3. The molecule has 13 rings (SSSR count). The average molecular weight is 739 g/mol. The Balaban J connectivity index is 1.17. The second-order valence-corrected chi connectivity index (χ2v) is 16.4. The first-order valence-electron chi connectivity index (χ1n) is 20.6. The Morgan fingerprint density at radius 3 is 1.93 bits per heavy atom. The van der Waals surface area contributed by atoms with Gasteiger partial charge in [0.1, 0.15) is 0 Å². The van der Waals surface area contributed by atoms with Crippen molar-refractivity contribution in [3.8, 4) is 16.8 Å². The molecule has 0 saturated heterocycles. The van der Waals surface area contributed by atoms with E-state index in [9.17, 15) is 0 Å². The van der Waals surface area contributed by atoms with Crippen molar-refractivity contribution < 1.29 is 0 Å². The van der Waals surface area contributed by atoms with Crippen LogP contribution >= 0.6 is 0 Å². The van der Waals surface area contributed by atoms with Crippen LogP contribution in [0.1, 0.15) is 35.6 Å². The number of hydrogen-bond donors (Lipinski definition) is 0. The third-order valence-electron chi connectivity index (χ3n) is 13.6. The van der Waals surface area contributed by atoms with Gasteiger partial charge >= 0.3 is 0 Å². The molecule has 0 amide bonds. The SMILES string of the molecule is CC1CC=CC2=C1c1cc(-n3c4cccc5c6ccccc6n6c7c(-c8ccccc8)cccc7c7ccc3c(c54)c76)ccc1C2(c1ccccc1)c1ccccc1. The molecule has 0 saturated carbocycles. The van der Waals surface area contributed by atoms with Gasteiger partial charge in [-0.3, -0.25) is 0 Å². The molecule has 58 heavy (non-hydrogen) atoms.